The molecule has 1 saturated heterocycles. The second-order valence-electron chi connectivity index (χ2n) is 7.30. The predicted octanol–water partition coefficient (Wildman–Crippen LogP) is 5.24. The molecule has 0 atom stereocenters. The van der Waals surface area contributed by atoms with Gasteiger partial charge in [0.15, 0.2) is 0 Å². The van der Waals surface area contributed by atoms with Crippen molar-refractivity contribution in [3.8, 4) is 0 Å². The third-order valence-electron chi connectivity index (χ3n) is 4.02. The molecule has 1 heterocycles. The molecule has 0 unspecified atom stereocenters. The van der Waals surface area contributed by atoms with Gasteiger partial charge in [0.2, 0.25) is 0 Å². The Hall–Kier alpha value is -1.57. The Labute approximate surface area is 156 Å². The molecule has 8 heteroatoms. The van der Waals surface area contributed by atoms with E-state index in [1.165, 1.54) is 6.07 Å². The maximum Gasteiger partial charge on any atom is 0.417 e. The summed E-state index contributed by atoms with van der Waals surface area (Å²) < 4.78 is 44.9. The van der Waals surface area contributed by atoms with Crippen LogP contribution in [-0.2, 0) is 10.9 Å². The molecule has 0 aromatic heterocycles. The van der Waals surface area contributed by atoms with Gasteiger partial charge in [-0.05, 0) is 58.1 Å². The fraction of sp³-hybridized carbons (Fsp3) is 0.611. The fourth-order valence-corrected chi connectivity index (χ4v) is 3.39. The Bertz CT molecular complexity index is 636. The van der Waals surface area contributed by atoms with Crippen LogP contribution in [0.4, 0.5) is 23.7 Å². The lowest BCUT2D eigenvalue weighted by Crippen LogP contribution is -2.44. The number of alkyl halides is 3. The number of benzene rings is 1. The zero-order valence-electron chi connectivity index (χ0n) is 15.4. The number of carbonyl (C=O) groups is 1. The largest absolute Gasteiger partial charge is 0.444 e. The molecule has 1 amide bonds. The standard InChI is InChI=1S/C18H25F3N2O2S/c1-17(2,3)25-16(24)23-9-7-12(8-10-23)22-13-5-6-15(26-4)14(11-13)18(19,20)21/h5-6,11-12,22H,7-10H2,1-4H3. The highest BCUT2D eigenvalue weighted by molar-refractivity contribution is 7.98. The molecular weight excluding hydrogens is 365 g/mol. The first-order chi connectivity index (χ1) is 12.0. The molecule has 1 aromatic rings. The molecule has 0 radical (unpaired) electrons. The van der Waals surface area contributed by atoms with E-state index >= 15 is 0 Å². The summed E-state index contributed by atoms with van der Waals surface area (Å²) in [5.41, 5.74) is -0.716. The van der Waals surface area contributed by atoms with Crippen LogP contribution in [0, 0.1) is 0 Å². The van der Waals surface area contributed by atoms with E-state index < -0.39 is 17.3 Å². The smallest absolute Gasteiger partial charge is 0.417 e. The quantitative estimate of drug-likeness (QED) is 0.717. The normalized spacial score (nSPS) is 16.5. The maximum absolute atomic E-state index is 13.2. The lowest BCUT2D eigenvalue weighted by Gasteiger charge is -2.34. The average Bonchev–Trinajstić information content (AvgIpc) is 2.53. The minimum Gasteiger partial charge on any atom is -0.444 e. The topological polar surface area (TPSA) is 41.6 Å². The van der Waals surface area contributed by atoms with Gasteiger partial charge in [-0.25, -0.2) is 4.79 Å². The number of piperidine rings is 1. The molecule has 1 fully saturated rings. The van der Waals surface area contributed by atoms with Gasteiger partial charge in [-0.2, -0.15) is 13.2 Å². The number of likely N-dealkylation sites (tertiary alicyclic amines) is 1. The number of nitrogens with one attached hydrogen (secondary N) is 1. The first-order valence-electron chi connectivity index (χ1n) is 8.49. The van der Waals surface area contributed by atoms with Gasteiger partial charge in [0, 0.05) is 29.7 Å². The van der Waals surface area contributed by atoms with Crippen molar-refractivity contribution in [3.63, 3.8) is 0 Å². The van der Waals surface area contributed by atoms with Crippen LogP contribution in [0.3, 0.4) is 0 Å². The summed E-state index contributed by atoms with van der Waals surface area (Å²) in [5.74, 6) is 0. The molecule has 1 N–H and O–H groups in total. The van der Waals surface area contributed by atoms with E-state index in [1.54, 1.807) is 17.2 Å². The summed E-state index contributed by atoms with van der Waals surface area (Å²) in [4.78, 5) is 13.9. The highest BCUT2D eigenvalue weighted by Gasteiger charge is 2.34. The van der Waals surface area contributed by atoms with Crippen molar-refractivity contribution in [1.29, 1.82) is 0 Å². The summed E-state index contributed by atoms with van der Waals surface area (Å²) in [5, 5.41) is 3.16. The summed E-state index contributed by atoms with van der Waals surface area (Å²) in [7, 11) is 0. The minimum absolute atomic E-state index is 0.0231. The van der Waals surface area contributed by atoms with Crippen molar-refractivity contribution in [1.82, 2.24) is 4.90 Å². The number of rotatable bonds is 3. The SMILES string of the molecule is CSc1ccc(NC2CCN(C(=O)OC(C)(C)C)CC2)cc1C(F)(F)F. The van der Waals surface area contributed by atoms with Crippen LogP contribution in [0.15, 0.2) is 23.1 Å². The van der Waals surface area contributed by atoms with Gasteiger partial charge in [0.1, 0.15) is 5.60 Å². The molecule has 0 aliphatic carbocycles. The number of carbonyl (C=O) groups excluding carboxylic acids is 1. The van der Waals surface area contributed by atoms with Crippen LogP contribution >= 0.6 is 11.8 Å². The number of anilines is 1. The molecule has 26 heavy (non-hydrogen) atoms. The van der Waals surface area contributed by atoms with Gasteiger partial charge in [0.25, 0.3) is 0 Å². The fourth-order valence-electron chi connectivity index (χ4n) is 2.79. The van der Waals surface area contributed by atoms with Crippen molar-refractivity contribution < 1.29 is 22.7 Å². The number of thioether (sulfide) groups is 1. The molecular formula is C18H25F3N2O2S. The van der Waals surface area contributed by atoms with Gasteiger partial charge in [-0.3, -0.25) is 0 Å². The van der Waals surface area contributed by atoms with E-state index in [1.807, 2.05) is 20.8 Å². The van der Waals surface area contributed by atoms with Crippen LogP contribution in [0.1, 0.15) is 39.2 Å². The van der Waals surface area contributed by atoms with Crippen LogP contribution in [-0.4, -0.2) is 42.0 Å². The van der Waals surface area contributed by atoms with E-state index in [0.717, 1.165) is 17.8 Å². The molecule has 1 aromatic carbocycles. The van der Waals surface area contributed by atoms with Gasteiger partial charge in [-0.1, -0.05) is 0 Å². The van der Waals surface area contributed by atoms with Crippen molar-refractivity contribution in [2.24, 2.45) is 0 Å². The van der Waals surface area contributed by atoms with E-state index in [4.69, 9.17) is 4.74 Å². The lowest BCUT2D eigenvalue weighted by molar-refractivity contribution is -0.139. The predicted molar refractivity (Wildman–Crippen MR) is 97.7 cm³/mol. The van der Waals surface area contributed by atoms with Crippen molar-refractivity contribution in [3.05, 3.63) is 23.8 Å². The Morgan fingerprint density at radius 3 is 2.35 bits per heavy atom. The van der Waals surface area contributed by atoms with E-state index in [9.17, 15) is 18.0 Å². The van der Waals surface area contributed by atoms with E-state index in [2.05, 4.69) is 5.32 Å². The van der Waals surface area contributed by atoms with Gasteiger partial charge < -0.3 is 15.0 Å². The summed E-state index contributed by atoms with van der Waals surface area (Å²) in [6.45, 7) is 6.48. The number of hydrogen-bond donors (Lipinski definition) is 1. The number of nitrogens with zero attached hydrogens (tertiary/aromatic N) is 1. The van der Waals surface area contributed by atoms with Crippen LogP contribution < -0.4 is 5.32 Å². The Morgan fingerprint density at radius 1 is 1.23 bits per heavy atom. The molecule has 1 aliphatic heterocycles. The Kier molecular flexibility index (Phi) is 6.37. The summed E-state index contributed by atoms with van der Waals surface area (Å²) in [6, 6.07) is 4.34. The zero-order valence-corrected chi connectivity index (χ0v) is 16.3. The molecule has 2 rings (SSSR count). The van der Waals surface area contributed by atoms with E-state index in [-0.39, 0.29) is 17.0 Å². The Balaban J connectivity index is 1.96. The molecule has 1 aliphatic rings. The number of hydrogen-bond acceptors (Lipinski definition) is 4. The molecule has 0 spiro atoms. The third kappa shape index (κ3) is 5.72. The molecule has 4 nitrogen and oxygen atoms in total. The second-order valence-corrected chi connectivity index (χ2v) is 8.15. The van der Waals surface area contributed by atoms with Gasteiger partial charge in [-0.15, -0.1) is 11.8 Å². The Morgan fingerprint density at radius 2 is 1.85 bits per heavy atom. The maximum atomic E-state index is 13.2. The van der Waals surface area contributed by atoms with Crippen molar-refractivity contribution >= 4 is 23.5 Å². The lowest BCUT2D eigenvalue weighted by atomic mass is 10.0. The summed E-state index contributed by atoms with van der Waals surface area (Å²) in [6.07, 6.45) is -1.78. The number of ether oxygens (including phenoxy) is 1. The number of halogens is 3. The average molecular weight is 390 g/mol. The third-order valence-corrected chi connectivity index (χ3v) is 4.82. The first kappa shape index (κ1) is 20.7. The van der Waals surface area contributed by atoms with Crippen LogP contribution in [0.25, 0.3) is 0 Å². The van der Waals surface area contributed by atoms with Gasteiger partial charge >= 0.3 is 12.3 Å². The van der Waals surface area contributed by atoms with E-state index in [0.29, 0.717) is 31.6 Å². The zero-order chi connectivity index (χ0) is 19.5. The van der Waals surface area contributed by atoms with Gasteiger partial charge in [0.05, 0.1) is 5.56 Å². The summed E-state index contributed by atoms with van der Waals surface area (Å²) >= 11 is 1.08. The molecule has 0 saturated carbocycles. The van der Waals surface area contributed by atoms with Crippen LogP contribution in [0.2, 0.25) is 0 Å². The molecule has 0 bridgehead atoms. The molecule has 146 valence electrons. The first-order valence-corrected chi connectivity index (χ1v) is 9.72. The highest BCUT2D eigenvalue weighted by atomic mass is 32.2. The number of amides is 1. The van der Waals surface area contributed by atoms with Crippen molar-refractivity contribution in [2.75, 3.05) is 24.7 Å². The van der Waals surface area contributed by atoms with Crippen molar-refractivity contribution in [2.45, 2.75) is 56.3 Å². The van der Waals surface area contributed by atoms with Crippen LogP contribution in [0.5, 0.6) is 0 Å². The monoisotopic (exact) mass is 390 g/mol. The second kappa shape index (κ2) is 7.98. The highest BCUT2D eigenvalue weighted by Crippen LogP contribution is 2.37. The minimum atomic E-state index is -4.38.